The Bertz CT molecular complexity index is 504. The van der Waals surface area contributed by atoms with Gasteiger partial charge in [-0.1, -0.05) is 0 Å². The van der Waals surface area contributed by atoms with E-state index in [4.69, 9.17) is 4.74 Å². The lowest BCUT2D eigenvalue weighted by atomic mass is 9.90. The highest BCUT2D eigenvalue weighted by Crippen LogP contribution is 2.34. The van der Waals surface area contributed by atoms with Gasteiger partial charge in [0.1, 0.15) is 0 Å². The Labute approximate surface area is 113 Å². The van der Waals surface area contributed by atoms with Gasteiger partial charge in [0.05, 0.1) is 12.5 Å². The molecule has 8 heteroatoms. The van der Waals surface area contributed by atoms with Crippen molar-refractivity contribution in [3.63, 3.8) is 0 Å². The van der Waals surface area contributed by atoms with E-state index >= 15 is 0 Å². The molecule has 0 bridgehead atoms. The minimum atomic E-state index is -4.50. The number of carbonyl (C=O) groups excluding carboxylic acids is 1. The summed E-state index contributed by atoms with van der Waals surface area (Å²) in [6.45, 7) is 2.63. The minimum Gasteiger partial charge on any atom is -0.469 e. The summed E-state index contributed by atoms with van der Waals surface area (Å²) in [7, 11) is 1.31. The number of anilines is 1. The van der Waals surface area contributed by atoms with Gasteiger partial charge < -0.3 is 9.64 Å². The topological polar surface area (TPSA) is 55.3 Å². The van der Waals surface area contributed by atoms with Crippen molar-refractivity contribution in [3.05, 3.63) is 17.8 Å². The van der Waals surface area contributed by atoms with Gasteiger partial charge in [-0.3, -0.25) is 4.79 Å². The van der Waals surface area contributed by atoms with Gasteiger partial charge in [0.2, 0.25) is 0 Å². The zero-order valence-electron chi connectivity index (χ0n) is 11.1. The second kappa shape index (κ2) is 4.92. The largest absolute Gasteiger partial charge is 0.469 e. The van der Waals surface area contributed by atoms with E-state index < -0.39 is 17.3 Å². The number of methoxy groups -OCH3 is 1. The molecule has 1 saturated heterocycles. The molecule has 1 aliphatic rings. The van der Waals surface area contributed by atoms with Gasteiger partial charge in [0, 0.05) is 13.1 Å². The molecule has 0 aliphatic carbocycles. The number of rotatable bonds is 2. The molecule has 5 nitrogen and oxygen atoms in total. The average molecular weight is 289 g/mol. The van der Waals surface area contributed by atoms with Crippen LogP contribution in [0.25, 0.3) is 0 Å². The van der Waals surface area contributed by atoms with Crippen molar-refractivity contribution in [1.82, 2.24) is 10.2 Å². The van der Waals surface area contributed by atoms with E-state index in [0.29, 0.717) is 25.3 Å². The van der Waals surface area contributed by atoms with Gasteiger partial charge in [-0.05, 0) is 25.5 Å². The lowest BCUT2D eigenvalue weighted by Gasteiger charge is -2.22. The Morgan fingerprint density at radius 3 is 2.60 bits per heavy atom. The first-order valence-corrected chi connectivity index (χ1v) is 6.00. The fourth-order valence-electron chi connectivity index (χ4n) is 2.21. The average Bonchev–Trinajstić information content (AvgIpc) is 2.81. The molecule has 0 radical (unpaired) electrons. The fourth-order valence-corrected chi connectivity index (χ4v) is 2.21. The first-order chi connectivity index (χ1) is 9.26. The first kappa shape index (κ1) is 14.5. The summed E-state index contributed by atoms with van der Waals surface area (Å²) >= 11 is 0. The van der Waals surface area contributed by atoms with Gasteiger partial charge in [-0.15, -0.1) is 10.2 Å². The van der Waals surface area contributed by atoms with Crippen LogP contribution in [0.1, 0.15) is 19.0 Å². The highest BCUT2D eigenvalue weighted by Gasteiger charge is 2.42. The number of aromatic nitrogens is 2. The van der Waals surface area contributed by atoms with E-state index in [9.17, 15) is 18.0 Å². The Morgan fingerprint density at radius 2 is 2.10 bits per heavy atom. The maximum absolute atomic E-state index is 12.4. The molecule has 1 unspecified atom stereocenters. The lowest BCUT2D eigenvalue weighted by molar-refractivity contribution is -0.150. The van der Waals surface area contributed by atoms with Gasteiger partial charge in [0.25, 0.3) is 0 Å². The Hall–Kier alpha value is -1.86. The van der Waals surface area contributed by atoms with Crippen LogP contribution in [0.4, 0.5) is 19.0 Å². The van der Waals surface area contributed by atoms with Crippen molar-refractivity contribution in [3.8, 4) is 0 Å². The van der Waals surface area contributed by atoms with Crippen LogP contribution in [0.3, 0.4) is 0 Å². The quantitative estimate of drug-likeness (QED) is 0.778. The number of hydrogen-bond donors (Lipinski definition) is 0. The van der Waals surface area contributed by atoms with E-state index in [-0.39, 0.29) is 5.97 Å². The molecule has 1 aromatic rings. The number of hydrogen-bond acceptors (Lipinski definition) is 5. The van der Waals surface area contributed by atoms with Crippen molar-refractivity contribution in [2.24, 2.45) is 5.41 Å². The zero-order valence-corrected chi connectivity index (χ0v) is 11.1. The molecular formula is C12H14F3N3O2. The third-order valence-corrected chi connectivity index (χ3v) is 3.42. The second-order valence-corrected chi connectivity index (χ2v) is 5.00. The molecule has 2 rings (SSSR count). The SMILES string of the molecule is COC(=O)C1(C)CCN(c2ccc(C(F)(F)F)nn2)C1. The summed E-state index contributed by atoms with van der Waals surface area (Å²) in [5.41, 5.74) is -1.70. The number of halogens is 3. The van der Waals surface area contributed by atoms with Gasteiger partial charge in [-0.2, -0.15) is 13.2 Å². The second-order valence-electron chi connectivity index (χ2n) is 5.00. The van der Waals surface area contributed by atoms with Crippen molar-refractivity contribution in [2.75, 3.05) is 25.1 Å². The van der Waals surface area contributed by atoms with Gasteiger partial charge in [-0.25, -0.2) is 0 Å². The highest BCUT2D eigenvalue weighted by atomic mass is 19.4. The molecule has 1 fully saturated rings. The minimum absolute atomic E-state index is 0.325. The molecular weight excluding hydrogens is 275 g/mol. The number of carbonyl (C=O) groups is 1. The smallest absolute Gasteiger partial charge is 0.435 e. The monoisotopic (exact) mass is 289 g/mol. The number of ether oxygens (including phenoxy) is 1. The van der Waals surface area contributed by atoms with Gasteiger partial charge in [0.15, 0.2) is 11.5 Å². The Balaban J connectivity index is 2.13. The molecule has 1 aliphatic heterocycles. The maximum atomic E-state index is 12.4. The van der Waals surface area contributed by atoms with E-state index in [1.54, 1.807) is 11.8 Å². The summed E-state index contributed by atoms with van der Waals surface area (Å²) in [6, 6.07) is 2.15. The predicted octanol–water partition coefficient (Wildman–Crippen LogP) is 1.88. The van der Waals surface area contributed by atoms with E-state index in [1.165, 1.54) is 13.2 Å². The van der Waals surface area contributed by atoms with Crippen LogP contribution in [0.5, 0.6) is 0 Å². The van der Waals surface area contributed by atoms with Crippen LogP contribution in [0.2, 0.25) is 0 Å². The van der Waals surface area contributed by atoms with Crippen LogP contribution in [0, 0.1) is 5.41 Å². The Kier molecular flexibility index (Phi) is 3.58. The molecule has 110 valence electrons. The van der Waals surface area contributed by atoms with E-state index in [1.807, 2.05) is 0 Å². The van der Waals surface area contributed by atoms with E-state index in [2.05, 4.69) is 10.2 Å². The van der Waals surface area contributed by atoms with Crippen LogP contribution < -0.4 is 4.90 Å². The zero-order chi connectivity index (χ0) is 15.0. The molecule has 0 spiro atoms. The van der Waals surface area contributed by atoms with Crippen LogP contribution in [0.15, 0.2) is 12.1 Å². The molecule has 1 atom stereocenters. The Morgan fingerprint density at radius 1 is 1.40 bits per heavy atom. The number of alkyl halides is 3. The maximum Gasteiger partial charge on any atom is 0.435 e. The molecule has 1 aromatic heterocycles. The lowest BCUT2D eigenvalue weighted by Crippen LogP contribution is -2.33. The molecule has 0 saturated carbocycles. The van der Waals surface area contributed by atoms with Crippen molar-refractivity contribution in [2.45, 2.75) is 19.5 Å². The van der Waals surface area contributed by atoms with Crippen LogP contribution >= 0.6 is 0 Å². The third-order valence-electron chi connectivity index (χ3n) is 3.42. The summed E-state index contributed by atoms with van der Waals surface area (Å²) in [5, 5.41) is 6.76. The van der Waals surface area contributed by atoms with Crippen molar-refractivity contribution >= 4 is 11.8 Å². The molecule has 2 heterocycles. The summed E-state index contributed by atoms with van der Waals surface area (Å²) in [6.07, 6.45) is -3.94. The predicted molar refractivity (Wildman–Crippen MR) is 64.0 cm³/mol. The third kappa shape index (κ3) is 2.68. The summed E-state index contributed by atoms with van der Waals surface area (Å²) in [4.78, 5) is 13.4. The summed E-state index contributed by atoms with van der Waals surface area (Å²) in [5.74, 6) is -0.00880. The first-order valence-electron chi connectivity index (χ1n) is 6.00. The molecule has 20 heavy (non-hydrogen) atoms. The molecule has 0 aromatic carbocycles. The van der Waals surface area contributed by atoms with Crippen LogP contribution in [-0.2, 0) is 15.7 Å². The standard InChI is InChI=1S/C12H14F3N3O2/c1-11(10(19)20-2)5-6-18(7-11)9-4-3-8(16-17-9)12(13,14)15/h3-4H,5-7H2,1-2H3. The normalized spacial score (nSPS) is 22.9. The highest BCUT2D eigenvalue weighted by molar-refractivity contribution is 5.78. The van der Waals surface area contributed by atoms with E-state index in [0.717, 1.165) is 6.07 Å². The fraction of sp³-hybridized carbons (Fsp3) is 0.583. The van der Waals surface area contributed by atoms with Crippen molar-refractivity contribution in [1.29, 1.82) is 0 Å². The summed E-state index contributed by atoms with van der Waals surface area (Å²) < 4.78 is 41.9. The number of esters is 1. The molecule has 0 N–H and O–H groups in total. The van der Waals surface area contributed by atoms with Gasteiger partial charge >= 0.3 is 12.1 Å². The van der Waals surface area contributed by atoms with Crippen LogP contribution in [-0.4, -0.2) is 36.4 Å². The number of nitrogens with zero attached hydrogens (tertiary/aromatic N) is 3. The molecule has 0 amide bonds. The van der Waals surface area contributed by atoms with Crippen molar-refractivity contribution < 1.29 is 22.7 Å².